The number of carbonyl (C=O) groups is 2. The van der Waals surface area contributed by atoms with E-state index in [1.165, 1.54) is 19.1 Å². The summed E-state index contributed by atoms with van der Waals surface area (Å²) in [6, 6.07) is 14.4. The lowest BCUT2D eigenvalue weighted by Gasteiger charge is -2.30. The Balaban J connectivity index is 2.18. The van der Waals surface area contributed by atoms with E-state index in [9.17, 15) is 15.1 Å². The van der Waals surface area contributed by atoms with Crippen molar-refractivity contribution in [2.75, 3.05) is 24.4 Å². The van der Waals surface area contributed by atoms with Gasteiger partial charge in [-0.25, -0.2) is 0 Å². The van der Waals surface area contributed by atoms with E-state index in [-0.39, 0.29) is 5.69 Å². The number of hydrogen-bond acceptors (Lipinski definition) is 5. The molecule has 198 valence electrons. The van der Waals surface area contributed by atoms with Gasteiger partial charge in [0, 0.05) is 52.1 Å². The number of azide groups is 1. The zero-order valence-electron chi connectivity index (χ0n) is 21.3. The summed E-state index contributed by atoms with van der Waals surface area (Å²) >= 11 is 9.79. The molecule has 0 aliphatic rings. The molecule has 3 aromatic carbocycles. The van der Waals surface area contributed by atoms with Crippen LogP contribution in [0.15, 0.2) is 64.2 Å². The van der Waals surface area contributed by atoms with Gasteiger partial charge in [0.05, 0.1) is 0 Å². The predicted molar refractivity (Wildman–Crippen MR) is 152 cm³/mol. The largest absolute Gasteiger partial charge is 0.356 e. The van der Waals surface area contributed by atoms with Crippen molar-refractivity contribution in [3.63, 3.8) is 0 Å². The number of para-hydroxylation sites is 1. The predicted octanol–water partition coefficient (Wildman–Crippen LogP) is 7.17. The number of methoxy groups -OCH3 is 2. The lowest BCUT2D eigenvalue weighted by molar-refractivity contribution is -0.119. The third-order valence-electron chi connectivity index (χ3n) is 5.91. The number of aryl methyl sites for hydroxylation is 2. The summed E-state index contributed by atoms with van der Waals surface area (Å²) in [6.45, 7) is 3.66. The van der Waals surface area contributed by atoms with Crippen LogP contribution in [-0.4, -0.2) is 32.8 Å². The summed E-state index contributed by atoms with van der Waals surface area (Å²) in [6.07, 6.45) is 0.411. The number of rotatable bonds is 11. The Bertz CT molecular complexity index is 1360. The third kappa shape index (κ3) is 6.92. The maximum atomic E-state index is 14.0. The third-order valence-corrected chi connectivity index (χ3v) is 6.98. The highest BCUT2D eigenvalue weighted by atomic mass is 79.9. The molecule has 0 aliphatic heterocycles. The number of hydrogen-bond donors (Lipinski definition) is 1. The normalized spacial score (nSPS) is 11.6. The van der Waals surface area contributed by atoms with Gasteiger partial charge < -0.3 is 14.8 Å². The number of benzene rings is 3. The number of nitrogens with zero attached hydrogens (tertiary/aromatic N) is 4. The Kier molecular flexibility index (Phi) is 10.3. The highest BCUT2D eigenvalue weighted by Gasteiger charge is 2.31. The fourth-order valence-corrected chi connectivity index (χ4v) is 4.70. The van der Waals surface area contributed by atoms with Crippen LogP contribution in [0.5, 0.6) is 0 Å². The molecule has 9 nitrogen and oxygen atoms in total. The maximum Gasteiger partial charge on any atom is 0.252 e. The van der Waals surface area contributed by atoms with Gasteiger partial charge >= 0.3 is 0 Å². The van der Waals surface area contributed by atoms with Crippen molar-refractivity contribution in [2.24, 2.45) is 5.11 Å². The number of ether oxygens (including phenoxy) is 2. The molecule has 0 fully saturated rings. The van der Waals surface area contributed by atoms with E-state index in [0.717, 1.165) is 16.7 Å². The Morgan fingerprint density at radius 1 is 1.18 bits per heavy atom. The highest BCUT2D eigenvalue weighted by molar-refractivity contribution is 9.10. The molecule has 0 aromatic heterocycles. The van der Waals surface area contributed by atoms with Gasteiger partial charge in [0.15, 0.2) is 6.29 Å². The Morgan fingerprint density at radius 2 is 1.89 bits per heavy atom. The van der Waals surface area contributed by atoms with Crippen molar-refractivity contribution in [3.8, 4) is 0 Å². The molecule has 1 atom stereocenters. The van der Waals surface area contributed by atoms with E-state index in [1.807, 2.05) is 26.0 Å². The lowest BCUT2D eigenvalue weighted by Crippen LogP contribution is -2.37. The number of nitrogens with one attached hydrogen (secondary N) is 1. The van der Waals surface area contributed by atoms with Gasteiger partial charge in [-0.3, -0.25) is 14.5 Å². The Hall–Kier alpha value is -3.40. The number of carbonyl (C=O) groups excluding carboxylic acids is 2. The second kappa shape index (κ2) is 13.4. The van der Waals surface area contributed by atoms with E-state index < -0.39 is 18.2 Å². The average Bonchev–Trinajstić information content (AvgIpc) is 2.88. The van der Waals surface area contributed by atoms with E-state index in [2.05, 4.69) is 31.3 Å². The molecule has 38 heavy (non-hydrogen) atoms. The Labute approximate surface area is 234 Å². The molecular formula is C27H27BrClN5O4. The van der Waals surface area contributed by atoms with Crippen molar-refractivity contribution in [2.45, 2.75) is 32.6 Å². The smallest absolute Gasteiger partial charge is 0.252 e. The monoisotopic (exact) mass is 599 g/mol. The van der Waals surface area contributed by atoms with E-state index in [4.69, 9.17) is 21.1 Å². The van der Waals surface area contributed by atoms with Gasteiger partial charge in [-0.05, 0) is 78.0 Å². The molecule has 1 unspecified atom stereocenters. The van der Waals surface area contributed by atoms with Gasteiger partial charge in [0.1, 0.15) is 6.04 Å². The van der Waals surface area contributed by atoms with Crippen molar-refractivity contribution in [1.29, 1.82) is 0 Å². The summed E-state index contributed by atoms with van der Waals surface area (Å²) in [7, 11) is 3.07. The minimum atomic E-state index is -1.21. The fraction of sp³-hybridized carbons (Fsp3) is 0.259. The zero-order chi connectivity index (χ0) is 27.8. The first kappa shape index (κ1) is 29.2. The van der Waals surface area contributed by atoms with Crippen LogP contribution in [-0.2, 0) is 25.5 Å². The molecule has 11 heteroatoms. The molecule has 3 aromatic rings. The minimum absolute atomic E-state index is 0.214. The van der Waals surface area contributed by atoms with Crippen molar-refractivity contribution >= 4 is 56.9 Å². The molecule has 2 amide bonds. The molecule has 0 saturated heterocycles. The number of anilines is 2. The molecule has 3 rings (SSSR count). The molecule has 0 bridgehead atoms. The molecule has 0 saturated carbocycles. The quantitative estimate of drug-likeness (QED) is 0.0826. The van der Waals surface area contributed by atoms with Crippen LogP contribution in [0.3, 0.4) is 0 Å². The second-order valence-electron chi connectivity index (χ2n) is 8.50. The van der Waals surface area contributed by atoms with Crippen LogP contribution in [0.2, 0.25) is 5.02 Å². The fourth-order valence-electron chi connectivity index (χ4n) is 4.05. The first-order valence-electron chi connectivity index (χ1n) is 11.5. The van der Waals surface area contributed by atoms with Gasteiger partial charge in [-0.1, -0.05) is 50.8 Å². The molecule has 0 aliphatic carbocycles. The van der Waals surface area contributed by atoms with Crippen LogP contribution in [0, 0.1) is 13.8 Å². The molecular weight excluding hydrogens is 574 g/mol. The summed E-state index contributed by atoms with van der Waals surface area (Å²) < 4.78 is 11.3. The summed E-state index contributed by atoms with van der Waals surface area (Å²) in [5.74, 6) is -0.529. The van der Waals surface area contributed by atoms with Gasteiger partial charge in [0.25, 0.3) is 5.91 Å². The summed E-state index contributed by atoms with van der Waals surface area (Å²) in [4.78, 5) is 30.8. The summed E-state index contributed by atoms with van der Waals surface area (Å²) in [5, 5.41) is 7.17. The maximum absolute atomic E-state index is 14.0. The van der Waals surface area contributed by atoms with E-state index in [0.29, 0.717) is 39.3 Å². The highest BCUT2D eigenvalue weighted by Crippen LogP contribution is 2.38. The molecule has 0 radical (unpaired) electrons. The molecule has 1 N–H and O–H groups in total. The van der Waals surface area contributed by atoms with Crippen molar-refractivity contribution < 1.29 is 19.1 Å². The van der Waals surface area contributed by atoms with Crippen LogP contribution < -0.4 is 10.2 Å². The van der Waals surface area contributed by atoms with Gasteiger partial charge in [-0.2, -0.15) is 0 Å². The van der Waals surface area contributed by atoms with Gasteiger partial charge in [-0.15, -0.1) is 0 Å². The number of halogens is 2. The average molecular weight is 601 g/mol. The first-order valence-corrected chi connectivity index (χ1v) is 12.7. The first-order chi connectivity index (χ1) is 18.2. The standard InChI is InChI=1S/C27H27BrClN5O4/c1-16-9-19(29)13-20(10-16)34(15-35)26(21-14-22(28)17(2)11-24(21)32-33-30)27(36)31-23-8-6-5-7-18(23)12-25(37-3)38-4/h5-11,13-15,25-26H,12H2,1-4H3,(H,31,36). The van der Waals surface area contributed by atoms with Crippen LogP contribution >= 0.6 is 27.5 Å². The van der Waals surface area contributed by atoms with Crippen molar-refractivity contribution in [3.05, 3.63) is 96.8 Å². The second-order valence-corrected chi connectivity index (χ2v) is 9.79. The minimum Gasteiger partial charge on any atom is -0.356 e. The SMILES string of the molecule is COC(Cc1ccccc1NC(=O)C(c1cc(Br)c(C)cc1N=[N+]=[N-])N(C=O)c1cc(C)cc(Cl)c1)OC. The van der Waals surface area contributed by atoms with Crippen LogP contribution in [0.4, 0.5) is 17.1 Å². The lowest BCUT2D eigenvalue weighted by atomic mass is 9.99. The number of amides is 2. The zero-order valence-corrected chi connectivity index (χ0v) is 23.7. The Morgan fingerprint density at radius 3 is 2.53 bits per heavy atom. The topological polar surface area (TPSA) is 117 Å². The van der Waals surface area contributed by atoms with Crippen molar-refractivity contribution in [1.82, 2.24) is 0 Å². The molecule has 0 heterocycles. The van der Waals surface area contributed by atoms with E-state index >= 15 is 0 Å². The molecule has 0 spiro atoms. The van der Waals surface area contributed by atoms with Gasteiger partial charge in [0.2, 0.25) is 6.41 Å². The van der Waals surface area contributed by atoms with E-state index in [1.54, 1.807) is 42.5 Å². The van der Waals surface area contributed by atoms with Crippen LogP contribution in [0.1, 0.15) is 28.3 Å². The summed E-state index contributed by atoms with van der Waals surface area (Å²) in [5.41, 5.74) is 13.1. The van der Waals surface area contributed by atoms with Crippen LogP contribution in [0.25, 0.3) is 10.4 Å².